The highest BCUT2D eigenvalue weighted by atomic mass is 16.5. The van der Waals surface area contributed by atoms with Crippen LogP contribution in [0.2, 0.25) is 0 Å². The second-order valence-corrected chi connectivity index (χ2v) is 6.76. The van der Waals surface area contributed by atoms with Crippen LogP contribution in [0.3, 0.4) is 0 Å². The van der Waals surface area contributed by atoms with E-state index in [-0.39, 0.29) is 5.91 Å². The van der Waals surface area contributed by atoms with E-state index in [1.807, 2.05) is 13.0 Å². The van der Waals surface area contributed by atoms with E-state index in [9.17, 15) is 4.79 Å². The van der Waals surface area contributed by atoms with Gasteiger partial charge in [-0.1, -0.05) is 0 Å². The Morgan fingerprint density at radius 2 is 1.96 bits per heavy atom. The van der Waals surface area contributed by atoms with E-state index in [2.05, 4.69) is 21.3 Å². The molecule has 1 aromatic rings. The van der Waals surface area contributed by atoms with Gasteiger partial charge in [0.25, 0.3) is 5.91 Å². The summed E-state index contributed by atoms with van der Waals surface area (Å²) >= 11 is 0. The fourth-order valence-electron chi connectivity index (χ4n) is 3.74. The number of nitrogens with one attached hydrogen (secondary N) is 1. The van der Waals surface area contributed by atoms with Crippen LogP contribution in [0, 0.1) is 6.92 Å². The number of methoxy groups -OCH3 is 1. The normalized spacial score (nSPS) is 20.0. The molecule has 126 valence electrons. The summed E-state index contributed by atoms with van der Waals surface area (Å²) in [6.07, 6.45) is 6.24. The number of amides is 1. The summed E-state index contributed by atoms with van der Waals surface area (Å²) in [6.45, 7) is 4.71. The molecule has 5 heteroatoms. The van der Waals surface area contributed by atoms with Crippen molar-refractivity contribution in [2.75, 3.05) is 25.1 Å². The zero-order chi connectivity index (χ0) is 16.3. The first-order valence-corrected chi connectivity index (χ1v) is 8.69. The monoisotopic (exact) mass is 317 g/mol. The summed E-state index contributed by atoms with van der Waals surface area (Å²) in [7, 11) is 1.65. The van der Waals surface area contributed by atoms with E-state index >= 15 is 0 Å². The maximum atomic E-state index is 12.5. The van der Waals surface area contributed by atoms with E-state index < -0.39 is 5.60 Å². The van der Waals surface area contributed by atoms with E-state index in [0.717, 1.165) is 55.8 Å². The minimum Gasteiger partial charge on any atom is -0.368 e. The first kappa shape index (κ1) is 16.2. The molecule has 2 fully saturated rings. The topological polar surface area (TPSA) is 54.5 Å². The Balaban J connectivity index is 1.66. The molecule has 1 aliphatic carbocycles. The number of anilines is 1. The van der Waals surface area contributed by atoms with Gasteiger partial charge in [-0.25, -0.2) is 4.98 Å². The van der Waals surface area contributed by atoms with Gasteiger partial charge in [-0.05, 0) is 63.1 Å². The molecular formula is C18H27N3O2. The van der Waals surface area contributed by atoms with E-state index in [1.54, 1.807) is 7.11 Å². The van der Waals surface area contributed by atoms with Crippen LogP contribution >= 0.6 is 0 Å². The zero-order valence-electron chi connectivity index (χ0n) is 14.2. The van der Waals surface area contributed by atoms with Gasteiger partial charge in [-0.3, -0.25) is 4.79 Å². The minimum absolute atomic E-state index is 0.0229. The van der Waals surface area contributed by atoms with Crippen molar-refractivity contribution in [3.63, 3.8) is 0 Å². The van der Waals surface area contributed by atoms with Crippen molar-refractivity contribution < 1.29 is 9.53 Å². The Morgan fingerprint density at radius 1 is 1.26 bits per heavy atom. The van der Waals surface area contributed by atoms with Crippen LogP contribution in [0.4, 0.5) is 5.82 Å². The van der Waals surface area contributed by atoms with Crippen LogP contribution in [0.25, 0.3) is 0 Å². The highest BCUT2D eigenvalue weighted by Crippen LogP contribution is 2.33. The molecule has 0 radical (unpaired) electrons. The van der Waals surface area contributed by atoms with Crippen molar-refractivity contribution >= 4 is 11.7 Å². The molecule has 1 N–H and O–H groups in total. The van der Waals surface area contributed by atoms with Gasteiger partial charge in [0.05, 0.1) is 0 Å². The largest absolute Gasteiger partial charge is 0.368 e. The van der Waals surface area contributed by atoms with Crippen LogP contribution in [0.15, 0.2) is 12.1 Å². The first-order valence-electron chi connectivity index (χ1n) is 8.69. The van der Waals surface area contributed by atoms with Crippen LogP contribution in [0.5, 0.6) is 0 Å². The summed E-state index contributed by atoms with van der Waals surface area (Å²) in [5.74, 6) is 1.06. The molecule has 2 heterocycles. The maximum Gasteiger partial charge on any atom is 0.252 e. The zero-order valence-corrected chi connectivity index (χ0v) is 14.2. The summed E-state index contributed by atoms with van der Waals surface area (Å²) in [5.41, 5.74) is 1.50. The van der Waals surface area contributed by atoms with Crippen molar-refractivity contribution in [2.45, 2.75) is 57.6 Å². The quantitative estimate of drug-likeness (QED) is 0.907. The number of hydrogen-bond donors (Lipinski definition) is 1. The van der Waals surface area contributed by atoms with Gasteiger partial charge >= 0.3 is 0 Å². The summed E-state index contributed by atoms with van der Waals surface area (Å²) in [6, 6.07) is 4.15. The molecule has 0 unspecified atom stereocenters. The predicted octanol–water partition coefficient (Wildman–Crippen LogP) is 2.57. The molecule has 1 saturated carbocycles. The number of nitrogens with zero attached hydrogens (tertiary/aromatic N) is 2. The van der Waals surface area contributed by atoms with E-state index in [4.69, 9.17) is 4.74 Å². The second kappa shape index (κ2) is 6.87. The smallest absolute Gasteiger partial charge is 0.252 e. The summed E-state index contributed by atoms with van der Waals surface area (Å²) < 4.78 is 5.55. The standard InChI is InChI=1S/C18H27N3O2/c1-14-11-15(12-16(20-14)21-9-5-6-10-21)13-19-17(22)18(23-2)7-3-4-8-18/h11-12H,3-10,13H2,1-2H3,(H,19,22). The minimum atomic E-state index is -0.611. The fourth-order valence-corrected chi connectivity index (χ4v) is 3.74. The summed E-state index contributed by atoms with van der Waals surface area (Å²) in [5, 5.41) is 3.07. The van der Waals surface area contributed by atoms with Gasteiger partial charge in [0.2, 0.25) is 0 Å². The van der Waals surface area contributed by atoms with Gasteiger partial charge in [0, 0.05) is 32.4 Å². The molecule has 23 heavy (non-hydrogen) atoms. The lowest BCUT2D eigenvalue weighted by Gasteiger charge is -2.26. The van der Waals surface area contributed by atoms with Crippen LogP contribution in [-0.2, 0) is 16.1 Å². The average molecular weight is 317 g/mol. The third kappa shape index (κ3) is 3.50. The van der Waals surface area contributed by atoms with Gasteiger partial charge in [-0.15, -0.1) is 0 Å². The lowest BCUT2D eigenvalue weighted by molar-refractivity contribution is -0.142. The number of hydrogen-bond acceptors (Lipinski definition) is 4. The molecule has 0 spiro atoms. The number of pyridine rings is 1. The van der Waals surface area contributed by atoms with Crippen LogP contribution in [-0.4, -0.2) is 36.7 Å². The third-order valence-corrected chi connectivity index (χ3v) is 5.10. The Morgan fingerprint density at radius 3 is 2.61 bits per heavy atom. The molecule has 1 amide bonds. The molecule has 1 aliphatic heterocycles. The Hall–Kier alpha value is -1.62. The average Bonchev–Trinajstić information content (AvgIpc) is 3.23. The predicted molar refractivity (Wildman–Crippen MR) is 90.5 cm³/mol. The molecule has 2 aliphatic rings. The van der Waals surface area contributed by atoms with Gasteiger partial charge < -0.3 is 15.0 Å². The van der Waals surface area contributed by atoms with Crippen molar-refractivity contribution in [1.82, 2.24) is 10.3 Å². The molecule has 0 aromatic carbocycles. The molecule has 1 aromatic heterocycles. The van der Waals surface area contributed by atoms with Crippen LogP contribution in [0.1, 0.15) is 49.8 Å². The lowest BCUT2D eigenvalue weighted by atomic mass is 10.0. The number of aryl methyl sites for hydroxylation is 1. The molecule has 5 nitrogen and oxygen atoms in total. The highest BCUT2D eigenvalue weighted by Gasteiger charge is 2.41. The lowest BCUT2D eigenvalue weighted by Crippen LogP contribution is -2.46. The third-order valence-electron chi connectivity index (χ3n) is 5.10. The molecular weight excluding hydrogens is 290 g/mol. The second-order valence-electron chi connectivity index (χ2n) is 6.76. The Labute approximate surface area is 138 Å². The molecule has 3 rings (SSSR count). The Bertz CT molecular complexity index is 561. The molecule has 0 atom stereocenters. The number of carbonyl (C=O) groups excluding carboxylic acids is 1. The van der Waals surface area contributed by atoms with Crippen molar-refractivity contribution in [3.8, 4) is 0 Å². The van der Waals surface area contributed by atoms with Crippen molar-refractivity contribution in [3.05, 3.63) is 23.4 Å². The van der Waals surface area contributed by atoms with E-state index in [1.165, 1.54) is 12.8 Å². The molecule has 0 bridgehead atoms. The van der Waals surface area contributed by atoms with Gasteiger partial charge in [0.15, 0.2) is 0 Å². The van der Waals surface area contributed by atoms with Crippen molar-refractivity contribution in [2.24, 2.45) is 0 Å². The van der Waals surface area contributed by atoms with Crippen molar-refractivity contribution in [1.29, 1.82) is 0 Å². The van der Waals surface area contributed by atoms with Gasteiger partial charge in [0.1, 0.15) is 11.4 Å². The molecule has 1 saturated heterocycles. The first-order chi connectivity index (χ1) is 11.1. The van der Waals surface area contributed by atoms with Gasteiger partial charge in [-0.2, -0.15) is 0 Å². The fraction of sp³-hybridized carbons (Fsp3) is 0.667. The number of ether oxygens (including phenoxy) is 1. The summed E-state index contributed by atoms with van der Waals surface area (Å²) in [4.78, 5) is 19.5. The van der Waals surface area contributed by atoms with E-state index in [0.29, 0.717) is 6.54 Å². The number of aromatic nitrogens is 1. The SMILES string of the molecule is COC1(C(=O)NCc2cc(C)nc(N3CCCC3)c2)CCCC1. The maximum absolute atomic E-state index is 12.5. The highest BCUT2D eigenvalue weighted by molar-refractivity contribution is 5.85. The Kier molecular flexibility index (Phi) is 4.85. The van der Waals surface area contributed by atoms with Crippen LogP contribution < -0.4 is 10.2 Å². The number of carbonyl (C=O) groups is 1. The number of rotatable bonds is 5.